The number of methoxy groups -OCH3 is 1. The first-order valence-electron chi connectivity index (χ1n) is 10.7. The fourth-order valence-electron chi connectivity index (χ4n) is 4.51. The molecule has 0 aliphatic carbocycles. The summed E-state index contributed by atoms with van der Waals surface area (Å²) in [4.78, 5) is 3.74. The summed E-state index contributed by atoms with van der Waals surface area (Å²) in [6, 6.07) is 15.0. The Balaban J connectivity index is 1.35. The summed E-state index contributed by atoms with van der Waals surface area (Å²) in [5, 5.41) is 4.09. The van der Waals surface area contributed by atoms with Crippen molar-refractivity contribution in [2.75, 3.05) is 44.9 Å². The number of ether oxygens (including phenoxy) is 1. The number of nitrogens with zero attached hydrogens (tertiary/aromatic N) is 2. The Morgan fingerprint density at radius 1 is 1.09 bits per heavy atom. The number of benzene rings is 2. The average molecular weight is 492 g/mol. The van der Waals surface area contributed by atoms with Gasteiger partial charge in [0.2, 0.25) is 10.0 Å². The summed E-state index contributed by atoms with van der Waals surface area (Å²) >= 11 is 7.39. The van der Waals surface area contributed by atoms with Gasteiger partial charge < -0.3 is 15.0 Å². The van der Waals surface area contributed by atoms with E-state index in [0.29, 0.717) is 23.7 Å². The predicted molar refractivity (Wildman–Crippen MR) is 134 cm³/mol. The van der Waals surface area contributed by atoms with E-state index >= 15 is 0 Å². The number of anilines is 1. The SMILES string of the molecule is COc1cccc(S(=O)(=O)N2CCC3(CCN(C(=S)Nc4ccc(SC)cc4)C3)CC2)c1. The summed E-state index contributed by atoms with van der Waals surface area (Å²) in [7, 11) is -1.97. The quantitative estimate of drug-likeness (QED) is 0.494. The molecule has 2 heterocycles. The van der Waals surface area contributed by atoms with Crippen LogP contribution in [0.2, 0.25) is 0 Å². The minimum absolute atomic E-state index is 0.120. The molecule has 2 aliphatic rings. The zero-order valence-corrected chi connectivity index (χ0v) is 20.9. The van der Waals surface area contributed by atoms with E-state index in [9.17, 15) is 8.42 Å². The summed E-state index contributed by atoms with van der Waals surface area (Å²) < 4.78 is 33.0. The third-order valence-electron chi connectivity index (χ3n) is 6.53. The molecule has 0 aromatic heterocycles. The molecular formula is C23H29N3O3S3. The zero-order chi connectivity index (χ0) is 22.8. The molecule has 2 aliphatic heterocycles. The Morgan fingerprint density at radius 2 is 1.78 bits per heavy atom. The first-order valence-corrected chi connectivity index (χ1v) is 13.8. The number of piperidine rings is 1. The van der Waals surface area contributed by atoms with E-state index in [4.69, 9.17) is 17.0 Å². The monoisotopic (exact) mass is 491 g/mol. The van der Waals surface area contributed by atoms with E-state index < -0.39 is 10.0 Å². The largest absolute Gasteiger partial charge is 0.497 e. The third-order valence-corrected chi connectivity index (χ3v) is 9.53. The highest BCUT2D eigenvalue weighted by atomic mass is 32.2. The van der Waals surface area contributed by atoms with Gasteiger partial charge in [0.05, 0.1) is 12.0 Å². The van der Waals surface area contributed by atoms with Crippen molar-refractivity contribution in [3.63, 3.8) is 0 Å². The van der Waals surface area contributed by atoms with E-state index in [-0.39, 0.29) is 5.41 Å². The first-order chi connectivity index (χ1) is 15.3. The topological polar surface area (TPSA) is 61.9 Å². The van der Waals surface area contributed by atoms with Gasteiger partial charge in [-0.3, -0.25) is 0 Å². The van der Waals surface area contributed by atoms with Gasteiger partial charge in [-0.1, -0.05) is 6.07 Å². The van der Waals surface area contributed by atoms with Crippen LogP contribution >= 0.6 is 24.0 Å². The second-order valence-corrected chi connectivity index (χ2v) is 11.6. The lowest BCUT2D eigenvalue weighted by Crippen LogP contribution is -2.45. The van der Waals surface area contributed by atoms with Gasteiger partial charge in [-0.15, -0.1) is 11.8 Å². The molecule has 0 unspecified atom stereocenters. The molecule has 0 saturated carbocycles. The highest BCUT2D eigenvalue weighted by molar-refractivity contribution is 7.98. The fraction of sp³-hybridized carbons (Fsp3) is 0.435. The highest BCUT2D eigenvalue weighted by Gasteiger charge is 2.43. The number of hydrogen-bond acceptors (Lipinski definition) is 5. The van der Waals surface area contributed by atoms with E-state index in [1.165, 1.54) is 4.90 Å². The van der Waals surface area contributed by atoms with Crippen molar-refractivity contribution in [1.82, 2.24) is 9.21 Å². The first kappa shape index (κ1) is 23.4. The van der Waals surface area contributed by atoms with Crippen LogP contribution in [0.3, 0.4) is 0 Å². The van der Waals surface area contributed by atoms with Crippen molar-refractivity contribution < 1.29 is 13.2 Å². The van der Waals surface area contributed by atoms with Gasteiger partial charge >= 0.3 is 0 Å². The normalized spacial score (nSPS) is 18.6. The van der Waals surface area contributed by atoms with Crippen molar-refractivity contribution in [3.05, 3.63) is 48.5 Å². The number of thiocarbonyl (C=S) groups is 1. The van der Waals surface area contributed by atoms with Crippen LogP contribution in [0.15, 0.2) is 58.3 Å². The lowest BCUT2D eigenvalue weighted by atomic mass is 9.78. The molecule has 1 spiro atoms. The number of rotatable bonds is 5. The highest BCUT2D eigenvalue weighted by Crippen LogP contribution is 2.41. The molecule has 9 heteroatoms. The van der Waals surface area contributed by atoms with Gasteiger partial charge in [-0.25, -0.2) is 8.42 Å². The Hall–Kier alpha value is -1.81. The van der Waals surface area contributed by atoms with Crippen LogP contribution in [-0.2, 0) is 10.0 Å². The van der Waals surface area contributed by atoms with Gasteiger partial charge in [0.15, 0.2) is 5.11 Å². The molecule has 0 radical (unpaired) electrons. The third kappa shape index (κ3) is 4.90. The predicted octanol–water partition coefficient (Wildman–Crippen LogP) is 4.29. The molecule has 32 heavy (non-hydrogen) atoms. The van der Waals surface area contributed by atoms with Gasteiger partial charge in [0.1, 0.15) is 5.75 Å². The number of nitrogens with one attached hydrogen (secondary N) is 1. The Morgan fingerprint density at radius 3 is 2.44 bits per heavy atom. The van der Waals surface area contributed by atoms with Gasteiger partial charge in [-0.05, 0) is 79.5 Å². The zero-order valence-electron chi connectivity index (χ0n) is 18.4. The second kappa shape index (κ2) is 9.59. The van der Waals surface area contributed by atoms with Crippen LogP contribution in [0.1, 0.15) is 19.3 Å². The Labute approximate surface area is 200 Å². The molecule has 2 aromatic carbocycles. The maximum atomic E-state index is 13.1. The van der Waals surface area contributed by atoms with Gasteiger partial charge in [-0.2, -0.15) is 4.31 Å². The van der Waals surface area contributed by atoms with E-state index in [1.807, 2.05) is 12.1 Å². The van der Waals surface area contributed by atoms with Crippen LogP contribution in [0.4, 0.5) is 5.69 Å². The minimum Gasteiger partial charge on any atom is -0.497 e. The van der Waals surface area contributed by atoms with Crippen molar-refractivity contribution in [2.24, 2.45) is 5.41 Å². The molecule has 2 aromatic rings. The summed E-state index contributed by atoms with van der Waals surface area (Å²) in [5.74, 6) is 0.551. The molecule has 172 valence electrons. The molecule has 0 atom stereocenters. The van der Waals surface area contributed by atoms with Crippen LogP contribution in [0, 0.1) is 5.41 Å². The Bertz CT molecular complexity index is 1070. The minimum atomic E-state index is -3.52. The van der Waals surface area contributed by atoms with E-state index in [2.05, 4.69) is 28.6 Å². The van der Waals surface area contributed by atoms with E-state index in [0.717, 1.165) is 43.2 Å². The average Bonchev–Trinajstić information content (AvgIpc) is 3.23. The summed E-state index contributed by atoms with van der Waals surface area (Å²) in [6.45, 7) is 2.83. The fourth-order valence-corrected chi connectivity index (χ4v) is 6.66. The number of likely N-dealkylation sites (tertiary alicyclic amines) is 1. The van der Waals surface area contributed by atoms with Crippen molar-refractivity contribution in [2.45, 2.75) is 29.1 Å². The van der Waals surface area contributed by atoms with Crippen LogP contribution < -0.4 is 10.1 Å². The molecule has 6 nitrogen and oxygen atoms in total. The Kier molecular flexibility index (Phi) is 7.00. The van der Waals surface area contributed by atoms with Gasteiger partial charge in [0.25, 0.3) is 0 Å². The summed E-state index contributed by atoms with van der Waals surface area (Å²) in [6.07, 6.45) is 4.78. The standard InChI is InChI=1S/C23H29N3O3S3/c1-29-19-4-3-5-21(16-19)32(27,28)26-14-11-23(12-15-26)10-13-25(17-23)22(30)24-18-6-8-20(31-2)9-7-18/h3-9,16H,10-15,17H2,1-2H3,(H,24,30). The molecule has 1 N–H and O–H groups in total. The molecule has 0 amide bonds. The molecule has 4 rings (SSSR count). The molecule has 0 bridgehead atoms. The number of thioether (sulfide) groups is 1. The van der Waals surface area contributed by atoms with Crippen LogP contribution in [0.5, 0.6) is 5.75 Å². The smallest absolute Gasteiger partial charge is 0.243 e. The maximum Gasteiger partial charge on any atom is 0.243 e. The van der Waals surface area contributed by atoms with Crippen LogP contribution in [-0.4, -0.2) is 62.3 Å². The lowest BCUT2D eigenvalue weighted by molar-refractivity contribution is 0.167. The van der Waals surface area contributed by atoms with E-state index in [1.54, 1.807) is 47.4 Å². The van der Waals surface area contributed by atoms with Crippen molar-refractivity contribution >= 4 is 44.8 Å². The molecular weight excluding hydrogens is 462 g/mol. The molecule has 2 fully saturated rings. The molecule has 2 saturated heterocycles. The number of sulfonamides is 1. The number of hydrogen-bond donors (Lipinski definition) is 1. The van der Waals surface area contributed by atoms with Crippen molar-refractivity contribution in [3.8, 4) is 5.75 Å². The van der Waals surface area contributed by atoms with Crippen LogP contribution in [0.25, 0.3) is 0 Å². The van der Waals surface area contributed by atoms with Gasteiger partial charge in [0, 0.05) is 42.8 Å². The lowest BCUT2D eigenvalue weighted by Gasteiger charge is -2.38. The second-order valence-electron chi connectivity index (χ2n) is 8.41. The van der Waals surface area contributed by atoms with Crippen molar-refractivity contribution in [1.29, 1.82) is 0 Å². The summed E-state index contributed by atoms with van der Waals surface area (Å²) in [5.41, 5.74) is 1.11. The maximum absolute atomic E-state index is 13.1.